The maximum atomic E-state index is 11.4. The summed E-state index contributed by atoms with van der Waals surface area (Å²) < 4.78 is 4.99. The van der Waals surface area contributed by atoms with Crippen molar-refractivity contribution in [3.05, 3.63) is 0 Å². The Balaban J connectivity index is 3.56. The van der Waals surface area contributed by atoms with Crippen molar-refractivity contribution in [2.75, 3.05) is 40.8 Å². The average molecular weight is 301 g/mol. The molecule has 1 amide bonds. The monoisotopic (exact) mass is 301 g/mol. The predicted molar refractivity (Wildman–Crippen MR) is 80.1 cm³/mol. The lowest BCUT2D eigenvalue weighted by atomic mass is 10.1. The molecule has 0 saturated heterocycles. The number of rotatable bonds is 11. The maximum absolute atomic E-state index is 11.4. The molecular weight excluding hydrogens is 274 g/mol. The number of ketones is 1. The highest BCUT2D eigenvalue weighted by Crippen LogP contribution is 2.01. The summed E-state index contributed by atoms with van der Waals surface area (Å²) in [6.45, 7) is 2.87. The summed E-state index contributed by atoms with van der Waals surface area (Å²) in [5.41, 5.74) is 0. The van der Waals surface area contributed by atoms with Crippen LogP contribution in [0.2, 0.25) is 0 Å². The number of alkyl carbamates (subject to hydrolysis) is 1. The summed E-state index contributed by atoms with van der Waals surface area (Å²) in [7, 11) is 5.10. The van der Waals surface area contributed by atoms with Gasteiger partial charge in [-0.2, -0.15) is 5.11 Å². The number of hydrogen-bond donors (Lipinski definition) is 2. The molecule has 122 valence electrons. The van der Waals surface area contributed by atoms with Gasteiger partial charge in [-0.05, 0) is 33.2 Å². The van der Waals surface area contributed by atoms with Gasteiger partial charge in [-0.15, -0.1) is 0 Å². The average Bonchev–Trinajstić information content (AvgIpc) is 2.42. The molecular formula is C13H27N5O3. The third kappa shape index (κ3) is 10.7. The highest BCUT2D eigenvalue weighted by atomic mass is 16.5. The quantitative estimate of drug-likeness (QED) is 0.337. The second-order valence-corrected chi connectivity index (χ2v) is 4.68. The molecule has 0 fully saturated rings. The molecule has 21 heavy (non-hydrogen) atoms. The highest BCUT2D eigenvalue weighted by molar-refractivity contribution is 5.81. The number of amides is 1. The third-order valence-corrected chi connectivity index (χ3v) is 2.92. The van der Waals surface area contributed by atoms with Crippen molar-refractivity contribution in [1.29, 1.82) is 0 Å². The van der Waals surface area contributed by atoms with E-state index in [1.165, 1.54) is 0 Å². The van der Waals surface area contributed by atoms with Crippen molar-refractivity contribution in [2.45, 2.75) is 32.2 Å². The summed E-state index contributed by atoms with van der Waals surface area (Å²) in [6.07, 6.45) is 2.01. The van der Waals surface area contributed by atoms with Gasteiger partial charge >= 0.3 is 6.09 Å². The van der Waals surface area contributed by atoms with Gasteiger partial charge in [0.15, 0.2) is 0 Å². The van der Waals surface area contributed by atoms with Crippen LogP contribution < -0.4 is 10.6 Å². The summed E-state index contributed by atoms with van der Waals surface area (Å²) in [5.74, 6) is 0.137. The van der Waals surface area contributed by atoms with E-state index in [1.54, 1.807) is 33.1 Å². The molecule has 0 heterocycles. The number of Topliss-reactive ketones (excluding diaryl/α,β-unsaturated/α-hetero) is 1. The van der Waals surface area contributed by atoms with Crippen LogP contribution in [0.25, 0.3) is 0 Å². The van der Waals surface area contributed by atoms with E-state index in [0.717, 1.165) is 19.3 Å². The Hall–Kier alpha value is -1.70. The fourth-order valence-electron chi connectivity index (χ4n) is 1.73. The van der Waals surface area contributed by atoms with Crippen LogP contribution >= 0.6 is 0 Å². The van der Waals surface area contributed by atoms with Gasteiger partial charge in [-0.1, -0.05) is 5.22 Å². The number of carbonyl (C=O) groups excluding carboxylic acids is 2. The Morgan fingerprint density at radius 1 is 1.33 bits per heavy atom. The first-order valence-corrected chi connectivity index (χ1v) is 7.10. The van der Waals surface area contributed by atoms with E-state index in [1.807, 2.05) is 0 Å². The molecule has 0 aromatic rings. The first-order valence-electron chi connectivity index (χ1n) is 7.10. The largest absolute Gasteiger partial charge is 0.448 e. The zero-order valence-electron chi connectivity index (χ0n) is 13.4. The second kappa shape index (κ2) is 12.1. The van der Waals surface area contributed by atoms with Crippen LogP contribution in [0.1, 0.15) is 26.2 Å². The van der Waals surface area contributed by atoms with E-state index in [0.29, 0.717) is 13.1 Å². The Kier molecular flexibility index (Phi) is 11.1. The smallest absolute Gasteiger partial charge is 0.407 e. The van der Waals surface area contributed by atoms with Gasteiger partial charge in [0, 0.05) is 13.6 Å². The van der Waals surface area contributed by atoms with Crippen LogP contribution in [0.3, 0.4) is 0 Å². The van der Waals surface area contributed by atoms with E-state index in [4.69, 9.17) is 4.74 Å². The molecule has 1 atom stereocenters. The SMILES string of the molecule is C/N=N\N(C)CCOC(=O)NCCCCC(NC)C(C)=O. The molecule has 0 bridgehead atoms. The normalized spacial score (nSPS) is 12.2. The van der Waals surface area contributed by atoms with Crippen molar-refractivity contribution in [1.82, 2.24) is 15.6 Å². The lowest BCUT2D eigenvalue weighted by molar-refractivity contribution is -0.119. The molecule has 8 nitrogen and oxygen atoms in total. The van der Waals surface area contributed by atoms with E-state index in [2.05, 4.69) is 21.0 Å². The van der Waals surface area contributed by atoms with Crippen LogP contribution in [-0.4, -0.2) is 63.8 Å². The zero-order chi connectivity index (χ0) is 16.1. The Morgan fingerprint density at radius 3 is 2.62 bits per heavy atom. The number of carbonyl (C=O) groups is 2. The molecule has 8 heteroatoms. The fourth-order valence-corrected chi connectivity index (χ4v) is 1.73. The van der Waals surface area contributed by atoms with Gasteiger partial charge < -0.3 is 15.4 Å². The number of likely N-dealkylation sites (N-methyl/N-ethyl adjacent to an activating group) is 2. The van der Waals surface area contributed by atoms with Gasteiger partial charge in [0.05, 0.1) is 19.6 Å². The minimum absolute atomic E-state index is 0.0970. The molecule has 0 aliphatic heterocycles. The molecule has 0 radical (unpaired) electrons. The summed E-state index contributed by atoms with van der Waals surface area (Å²) in [4.78, 5) is 22.6. The molecule has 2 N–H and O–H groups in total. The van der Waals surface area contributed by atoms with Crippen LogP contribution in [-0.2, 0) is 9.53 Å². The van der Waals surface area contributed by atoms with Gasteiger partial charge in [-0.25, -0.2) is 4.79 Å². The number of ether oxygens (including phenoxy) is 1. The number of hydrogen-bond acceptors (Lipinski definition) is 6. The molecule has 0 aliphatic carbocycles. The van der Waals surface area contributed by atoms with Crippen molar-refractivity contribution < 1.29 is 14.3 Å². The second-order valence-electron chi connectivity index (χ2n) is 4.68. The Morgan fingerprint density at radius 2 is 2.05 bits per heavy atom. The highest BCUT2D eigenvalue weighted by Gasteiger charge is 2.10. The van der Waals surface area contributed by atoms with E-state index >= 15 is 0 Å². The number of nitrogens with one attached hydrogen (secondary N) is 2. The molecule has 0 aliphatic rings. The molecule has 1 unspecified atom stereocenters. The maximum Gasteiger partial charge on any atom is 0.407 e. The Bertz CT molecular complexity index is 336. The fraction of sp³-hybridized carbons (Fsp3) is 0.846. The topological polar surface area (TPSA) is 95.4 Å². The van der Waals surface area contributed by atoms with E-state index < -0.39 is 6.09 Å². The van der Waals surface area contributed by atoms with E-state index in [9.17, 15) is 9.59 Å². The van der Waals surface area contributed by atoms with Crippen LogP contribution in [0.15, 0.2) is 10.3 Å². The lowest BCUT2D eigenvalue weighted by Gasteiger charge is -2.13. The van der Waals surface area contributed by atoms with Gasteiger partial charge in [-0.3, -0.25) is 9.80 Å². The van der Waals surface area contributed by atoms with Crippen molar-refractivity contribution >= 4 is 11.9 Å². The first kappa shape index (κ1) is 19.3. The zero-order valence-corrected chi connectivity index (χ0v) is 13.4. The van der Waals surface area contributed by atoms with Crippen molar-refractivity contribution in [3.63, 3.8) is 0 Å². The lowest BCUT2D eigenvalue weighted by Crippen LogP contribution is -2.32. The van der Waals surface area contributed by atoms with Gasteiger partial charge in [0.1, 0.15) is 12.4 Å². The number of unbranched alkanes of at least 4 members (excludes halogenated alkanes) is 1. The standard InChI is InChI=1S/C13H27N5O3/c1-11(19)12(14-2)7-5-6-8-16-13(20)21-10-9-18(4)17-15-3/h12,14H,5-10H2,1-4H3,(H,16,20)/b17-15-. The summed E-state index contributed by atoms with van der Waals surface area (Å²) >= 11 is 0. The van der Waals surface area contributed by atoms with Crippen molar-refractivity contribution in [2.24, 2.45) is 10.3 Å². The Labute approximate surface area is 126 Å². The van der Waals surface area contributed by atoms with Gasteiger partial charge in [0.25, 0.3) is 0 Å². The molecule has 0 aromatic heterocycles. The minimum Gasteiger partial charge on any atom is -0.448 e. The van der Waals surface area contributed by atoms with Crippen molar-refractivity contribution in [3.8, 4) is 0 Å². The predicted octanol–water partition coefficient (Wildman–Crippen LogP) is 0.989. The summed E-state index contributed by atoms with van der Waals surface area (Å²) in [5, 5.41) is 14.6. The minimum atomic E-state index is -0.437. The van der Waals surface area contributed by atoms with Crippen LogP contribution in [0.5, 0.6) is 0 Å². The molecule has 0 rings (SSSR count). The van der Waals surface area contributed by atoms with Crippen LogP contribution in [0.4, 0.5) is 4.79 Å². The first-order chi connectivity index (χ1) is 10.0. The van der Waals surface area contributed by atoms with Crippen LogP contribution in [0, 0.1) is 0 Å². The number of nitrogens with zero attached hydrogens (tertiary/aromatic N) is 3. The third-order valence-electron chi connectivity index (χ3n) is 2.92. The molecule has 0 spiro atoms. The van der Waals surface area contributed by atoms with Gasteiger partial charge in [0.2, 0.25) is 0 Å². The molecule has 0 saturated carbocycles. The van der Waals surface area contributed by atoms with E-state index in [-0.39, 0.29) is 18.4 Å². The summed E-state index contributed by atoms with van der Waals surface area (Å²) in [6, 6.07) is -0.0970. The molecule has 0 aromatic carbocycles.